The van der Waals surface area contributed by atoms with E-state index in [9.17, 15) is 4.79 Å². The van der Waals surface area contributed by atoms with Crippen LogP contribution in [0, 0.1) is 18.3 Å². The number of aryl methyl sites for hydroxylation is 1. The van der Waals surface area contributed by atoms with Gasteiger partial charge < -0.3 is 9.64 Å². The van der Waals surface area contributed by atoms with Crippen molar-refractivity contribution in [1.29, 1.82) is 5.26 Å². The molecule has 0 atom stereocenters. The van der Waals surface area contributed by atoms with Crippen LogP contribution in [0.5, 0.6) is 0 Å². The first-order valence-corrected chi connectivity index (χ1v) is 6.01. The molecule has 0 heterocycles. The molecule has 1 aromatic rings. The van der Waals surface area contributed by atoms with Gasteiger partial charge in [0, 0.05) is 12.2 Å². The van der Waals surface area contributed by atoms with E-state index < -0.39 is 0 Å². The fraction of sp³-hybridized carbons (Fsp3) is 0.429. The van der Waals surface area contributed by atoms with Crippen molar-refractivity contribution in [3.63, 3.8) is 0 Å². The monoisotopic (exact) mass is 246 g/mol. The number of esters is 1. The number of nitriles is 1. The maximum absolute atomic E-state index is 11.3. The normalized spacial score (nSPS) is 9.61. The van der Waals surface area contributed by atoms with Crippen LogP contribution in [0.2, 0.25) is 0 Å². The Hall–Kier alpha value is -2.02. The van der Waals surface area contributed by atoms with Crippen LogP contribution in [0.4, 0.5) is 5.69 Å². The van der Waals surface area contributed by atoms with Gasteiger partial charge in [0.1, 0.15) is 6.54 Å². The van der Waals surface area contributed by atoms with Crippen molar-refractivity contribution in [1.82, 2.24) is 0 Å². The van der Waals surface area contributed by atoms with Gasteiger partial charge in [0.2, 0.25) is 0 Å². The van der Waals surface area contributed by atoms with Crippen molar-refractivity contribution < 1.29 is 9.53 Å². The van der Waals surface area contributed by atoms with Gasteiger partial charge in [0.15, 0.2) is 0 Å². The van der Waals surface area contributed by atoms with Crippen LogP contribution in [0.3, 0.4) is 0 Å². The predicted molar refractivity (Wildman–Crippen MR) is 70.3 cm³/mol. The summed E-state index contributed by atoms with van der Waals surface area (Å²) in [7, 11) is 0. The van der Waals surface area contributed by atoms with E-state index in [-0.39, 0.29) is 12.5 Å². The largest absolute Gasteiger partial charge is 0.466 e. The number of anilines is 1. The first-order valence-electron chi connectivity index (χ1n) is 6.01. The molecule has 0 aliphatic heterocycles. The molecule has 0 fully saturated rings. The molecular formula is C14H18N2O2. The third-order valence-electron chi connectivity index (χ3n) is 2.55. The third kappa shape index (κ3) is 4.46. The summed E-state index contributed by atoms with van der Waals surface area (Å²) in [6.07, 6.45) is 0.295. The number of hydrogen-bond acceptors (Lipinski definition) is 4. The number of rotatable bonds is 6. The Kier molecular flexibility index (Phi) is 5.72. The SMILES string of the molecule is CCOC(=O)CCN(CC#N)c1ccc(C)cc1. The smallest absolute Gasteiger partial charge is 0.307 e. The Morgan fingerprint density at radius 2 is 2.06 bits per heavy atom. The van der Waals surface area contributed by atoms with E-state index in [1.165, 1.54) is 5.56 Å². The lowest BCUT2D eigenvalue weighted by molar-refractivity contribution is -0.142. The highest BCUT2D eigenvalue weighted by Gasteiger charge is 2.09. The zero-order chi connectivity index (χ0) is 13.4. The Morgan fingerprint density at radius 3 is 2.61 bits per heavy atom. The van der Waals surface area contributed by atoms with Gasteiger partial charge in [-0.25, -0.2) is 0 Å². The van der Waals surface area contributed by atoms with Gasteiger partial charge in [0.25, 0.3) is 0 Å². The van der Waals surface area contributed by atoms with E-state index in [1.807, 2.05) is 36.1 Å². The van der Waals surface area contributed by atoms with E-state index in [2.05, 4.69) is 6.07 Å². The topological polar surface area (TPSA) is 53.3 Å². The number of benzene rings is 1. The number of ether oxygens (including phenoxy) is 1. The first kappa shape index (κ1) is 14.0. The van der Waals surface area contributed by atoms with Crippen molar-refractivity contribution >= 4 is 11.7 Å². The molecule has 0 aliphatic rings. The molecule has 0 amide bonds. The van der Waals surface area contributed by atoms with Crippen LogP contribution in [-0.2, 0) is 9.53 Å². The van der Waals surface area contributed by atoms with E-state index in [4.69, 9.17) is 10.00 Å². The molecule has 0 N–H and O–H groups in total. The number of carbonyl (C=O) groups excluding carboxylic acids is 1. The van der Waals surface area contributed by atoms with Crippen LogP contribution < -0.4 is 4.90 Å². The summed E-state index contributed by atoms with van der Waals surface area (Å²) in [5, 5.41) is 8.81. The molecule has 0 unspecified atom stereocenters. The lowest BCUT2D eigenvalue weighted by Gasteiger charge is -2.21. The molecule has 4 nitrogen and oxygen atoms in total. The van der Waals surface area contributed by atoms with Crippen molar-refractivity contribution in [3.05, 3.63) is 29.8 Å². The Bertz CT molecular complexity index is 420. The summed E-state index contributed by atoms with van der Waals surface area (Å²) < 4.78 is 4.88. The molecule has 0 saturated carbocycles. The lowest BCUT2D eigenvalue weighted by Crippen LogP contribution is -2.27. The molecule has 4 heteroatoms. The summed E-state index contributed by atoms with van der Waals surface area (Å²) in [6, 6.07) is 10.0. The highest BCUT2D eigenvalue weighted by molar-refractivity contribution is 5.70. The second kappa shape index (κ2) is 7.33. The molecule has 18 heavy (non-hydrogen) atoms. The Balaban J connectivity index is 2.62. The Labute approximate surface area is 108 Å². The fourth-order valence-electron chi connectivity index (χ4n) is 1.60. The van der Waals surface area contributed by atoms with Crippen LogP contribution >= 0.6 is 0 Å². The maximum Gasteiger partial charge on any atom is 0.307 e. The predicted octanol–water partition coefficient (Wildman–Crippen LogP) is 2.28. The van der Waals surface area contributed by atoms with Crippen LogP contribution in [0.1, 0.15) is 18.9 Å². The number of carbonyl (C=O) groups is 1. The number of hydrogen-bond donors (Lipinski definition) is 0. The molecule has 0 aromatic heterocycles. The summed E-state index contributed by atoms with van der Waals surface area (Å²) >= 11 is 0. The molecule has 96 valence electrons. The van der Waals surface area contributed by atoms with Gasteiger partial charge in [-0.2, -0.15) is 5.26 Å². The van der Waals surface area contributed by atoms with Gasteiger partial charge in [0.05, 0.1) is 19.1 Å². The second-order valence-electron chi connectivity index (χ2n) is 3.97. The number of nitrogens with zero attached hydrogens (tertiary/aromatic N) is 2. The van der Waals surface area contributed by atoms with Crippen molar-refractivity contribution in [3.8, 4) is 6.07 Å². The van der Waals surface area contributed by atoms with Gasteiger partial charge in [-0.1, -0.05) is 17.7 Å². The van der Waals surface area contributed by atoms with Gasteiger partial charge in [-0.3, -0.25) is 4.79 Å². The molecule has 1 aromatic carbocycles. The van der Waals surface area contributed by atoms with Gasteiger partial charge in [-0.05, 0) is 26.0 Å². The third-order valence-corrected chi connectivity index (χ3v) is 2.55. The van der Waals surface area contributed by atoms with Gasteiger partial charge in [-0.15, -0.1) is 0 Å². The minimum absolute atomic E-state index is 0.229. The zero-order valence-electron chi connectivity index (χ0n) is 10.8. The van der Waals surface area contributed by atoms with Crippen molar-refractivity contribution in [2.75, 3.05) is 24.6 Å². The average Bonchev–Trinajstić information content (AvgIpc) is 2.36. The van der Waals surface area contributed by atoms with Gasteiger partial charge >= 0.3 is 5.97 Å². The summed E-state index contributed by atoms with van der Waals surface area (Å²) in [5.74, 6) is -0.229. The molecule has 0 spiro atoms. The zero-order valence-corrected chi connectivity index (χ0v) is 10.8. The molecule has 0 bridgehead atoms. The summed E-state index contributed by atoms with van der Waals surface area (Å²) in [4.78, 5) is 13.2. The second-order valence-corrected chi connectivity index (χ2v) is 3.97. The molecule has 0 saturated heterocycles. The van der Waals surface area contributed by atoms with Crippen molar-refractivity contribution in [2.45, 2.75) is 20.3 Å². The quantitative estimate of drug-likeness (QED) is 0.571. The van der Waals surface area contributed by atoms with Crippen LogP contribution in [0.25, 0.3) is 0 Å². The molecule has 0 radical (unpaired) electrons. The maximum atomic E-state index is 11.3. The molecular weight excluding hydrogens is 228 g/mol. The summed E-state index contributed by atoms with van der Waals surface area (Å²) in [5.41, 5.74) is 2.12. The minimum atomic E-state index is -0.229. The summed E-state index contributed by atoms with van der Waals surface area (Å²) in [6.45, 7) is 4.95. The van der Waals surface area contributed by atoms with E-state index in [0.29, 0.717) is 19.6 Å². The van der Waals surface area contributed by atoms with Crippen LogP contribution in [0.15, 0.2) is 24.3 Å². The fourth-order valence-corrected chi connectivity index (χ4v) is 1.60. The van der Waals surface area contributed by atoms with Crippen molar-refractivity contribution in [2.24, 2.45) is 0 Å². The standard InChI is InChI=1S/C14H18N2O2/c1-3-18-14(17)8-10-16(11-9-15)13-6-4-12(2)5-7-13/h4-7H,3,8,10-11H2,1-2H3. The lowest BCUT2D eigenvalue weighted by atomic mass is 10.2. The van der Waals surface area contributed by atoms with Crippen LogP contribution in [-0.4, -0.2) is 25.7 Å². The Morgan fingerprint density at radius 1 is 1.39 bits per heavy atom. The minimum Gasteiger partial charge on any atom is -0.466 e. The highest BCUT2D eigenvalue weighted by Crippen LogP contribution is 2.15. The van der Waals surface area contributed by atoms with E-state index >= 15 is 0 Å². The highest BCUT2D eigenvalue weighted by atomic mass is 16.5. The van der Waals surface area contributed by atoms with E-state index in [1.54, 1.807) is 6.92 Å². The molecule has 1 rings (SSSR count). The average molecular weight is 246 g/mol. The first-order chi connectivity index (χ1) is 8.67. The van der Waals surface area contributed by atoms with E-state index in [0.717, 1.165) is 5.69 Å². The molecule has 0 aliphatic carbocycles.